The van der Waals surface area contributed by atoms with Gasteiger partial charge in [-0.25, -0.2) is 4.79 Å². The average molecular weight is 347 g/mol. The Bertz CT molecular complexity index is 646. The lowest BCUT2D eigenvalue weighted by atomic mass is 9.72. The molecule has 4 atom stereocenters. The average Bonchev–Trinajstić information content (AvgIpc) is 2.55. The highest BCUT2D eigenvalue weighted by atomic mass is 16.6. The minimum Gasteiger partial charge on any atom is -0.458 e. The van der Waals surface area contributed by atoms with Crippen LogP contribution >= 0.6 is 0 Å². The summed E-state index contributed by atoms with van der Waals surface area (Å²) in [7, 11) is 6.27. The fourth-order valence-electron chi connectivity index (χ4n) is 4.32. The molecule has 0 amide bonds. The van der Waals surface area contributed by atoms with E-state index in [0.29, 0.717) is 17.5 Å². The first-order valence-corrected chi connectivity index (χ1v) is 8.67. The third kappa shape index (κ3) is 3.67. The van der Waals surface area contributed by atoms with Gasteiger partial charge < -0.3 is 14.5 Å². The maximum Gasteiger partial charge on any atom is 0.338 e. The van der Waals surface area contributed by atoms with Gasteiger partial charge in [0.05, 0.1) is 10.5 Å². The van der Waals surface area contributed by atoms with Crippen molar-refractivity contribution in [1.82, 2.24) is 9.80 Å². The van der Waals surface area contributed by atoms with Crippen molar-refractivity contribution >= 4 is 11.7 Å². The lowest BCUT2D eigenvalue weighted by Crippen LogP contribution is -2.59. The minimum absolute atomic E-state index is 0.0274. The van der Waals surface area contributed by atoms with E-state index in [1.807, 2.05) is 0 Å². The highest BCUT2D eigenvalue weighted by Gasteiger charge is 2.46. The predicted octanol–water partition coefficient (Wildman–Crippen LogP) is 2.02. The summed E-state index contributed by atoms with van der Waals surface area (Å²) in [6.45, 7) is 1.85. The molecule has 1 aromatic rings. The molecular weight excluding hydrogens is 322 g/mol. The highest BCUT2D eigenvalue weighted by Crippen LogP contribution is 2.38. The summed E-state index contributed by atoms with van der Waals surface area (Å²) in [5, 5.41) is 10.7. The Balaban J connectivity index is 1.75. The van der Waals surface area contributed by atoms with Gasteiger partial charge in [0.15, 0.2) is 0 Å². The Labute approximate surface area is 147 Å². The molecule has 136 valence electrons. The van der Waals surface area contributed by atoms with E-state index in [0.717, 1.165) is 25.9 Å². The number of esters is 1. The van der Waals surface area contributed by atoms with Gasteiger partial charge in [0.2, 0.25) is 0 Å². The number of nitrogens with zero attached hydrogens (tertiary/aromatic N) is 3. The Morgan fingerprint density at radius 3 is 2.52 bits per heavy atom. The molecule has 1 aliphatic carbocycles. The molecule has 2 unspecified atom stereocenters. The van der Waals surface area contributed by atoms with E-state index in [2.05, 4.69) is 30.9 Å². The van der Waals surface area contributed by atoms with Gasteiger partial charge in [-0.1, -0.05) is 0 Å². The van der Waals surface area contributed by atoms with Crippen LogP contribution in [0.1, 0.15) is 23.2 Å². The van der Waals surface area contributed by atoms with Crippen LogP contribution in [0.2, 0.25) is 0 Å². The SMILES string of the molecule is CN1CC2CC[C@@H](N(C)C)C(C1)[C@H]2OC(=O)c1ccc([N+](=O)[O-])cc1. The number of carbonyl (C=O) groups is 1. The molecule has 0 spiro atoms. The Morgan fingerprint density at radius 2 is 1.92 bits per heavy atom. The number of ether oxygens (including phenoxy) is 1. The second-order valence-corrected chi connectivity index (χ2v) is 7.43. The molecule has 0 aromatic heterocycles. The molecule has 3 rings (SSSR count). The number of fused-ring (bicyclic) bond motifs is 2. The van der Waals surface area contributed by atoms with Crippen molar-refractivity contribution in [3.8, 4) is 0 Å². The zero-order valence-corrected chi connectivity index (χ0v) is 14.9. The molecule has 1 saturated heterocycles. The Morgan fingerprint density at radius 1 is 1.24 bits per heavy atom. The third-order valence-corrected chi connectivity index (χ3v) is 5.50. The van der Waals surface area contributed by atoms with Crippen LogP contribution in [0.5, 0.6) is 0 Å². The molecule has 1 heterocycles. The Kier molecular flexibility index (Phi) is 5.06. The van der Waals surface area contributed by atoms with E-state index < -0.39 is 4.92 Å². The number of hydrogen-bond donors (Lipinski definition) is 0. The molecule has 1 saturated carbocycles. The molecule has 0 radical (unpaired) electrons. The van der Waals surface area contributed by atoms with E-state index in [1.165, 1.54) is 24.3 Å². The monoisotopic (exact) mass is 347 g/mol. The van der Waals surface area contributed by atoms with Gasteiger partial charge in [0.25, 0.3) is 5.69 Å². The second kappa shape index (κ2) is 7.09. The Hall–Kier alpha value is -1.99. The molecule has 0 N–H and O–H groups in total. The summed E-state index contributed by atoms with van der Waals surface area (Å²) in [6, 6.07) is 6.01. The maximum atomic E-state index is 12.6. The first kappa shape index (κ1) is 17.8. The number of rotatable bonds is 4. The number of non-ortho nitro benzene ring substituents is 1. The fraction of sp³-hybridized carbons (Fsp3) is 0.611. The van der Waals surface area contributed by atoms with E-state index in [-0.39, 0.29) is 23.7 Å². The van der Waals surface area contributed by atoms with Crippen molar-refractivity contribution in [1.29, 1.82) is 0 Å². The van der Waals surface area contributed by atoms with Crippen LogP contribution in [0.3, 0.4) is 0 Å². The largest absolute Gasteiger partial charge is 0.458 e. The lowest BCUT2D eigenvalue weighted by Gasteiger charge is -2.50. The molecule has 1 aliphatic heterocycles. The molecule has 2 aliphatic rings. The van der Waals surface area contributed by atoms with Crippen molar-refractivity contribution in [2.24, 2.45) is 11.8 Å². The summed E-state index contributed by atoms with van der Waals surface area (Å²) in [5.74, 6) is 0.246. The van der Waals surface area contributed by atoms with Gasteiger partial charge in [0, 0.05) is 43.1 Å². The van der Waals surface area contributed by atoms with Crippen LogP contribution in [0.15, 0.2) is 24.3 Å². The van der Waals surface area contributed by atoms with Gasteiger partial charge >= 0.3 is 5.97 Å². The lowest BCUT2D eigenvalue weighted by molar-refractivity contribution is -0.384. The molecule has 2 bridgehead atoms. The number of piperidine rings is 1. The van der Waals surface area contributed by atoms with Gasteiger partial charge in [-0.2, -0.15) is 0 Å². The molecule has 1 aromatic carbocycles. The van der Waals surface area contributed by atoms with Crippen molar-refractivity contribution in [3.05, 3.63) is 39.9 Å². The molecule has 25 heavy (non-hydrogen) atoms. The highest BCUT2D eigenvalue weighted by molar-refractivity contribution is 5.89. The molecule has 7 nitrogen and oxygen atoms in total. The van der Waals surface area contributed by atoms with E-state index in [1.54, 1.807) is 0 Å². The maximum absolute atomic E-state index is 12.6. The van der Waals surface area contributed by atoms with E-state index in [4.69, 9.17) is 4.74 Å². The van der Waals surface area contributed by atoms with Crippen molar-refractivity contribution < 1.29 is 14.5 Å². The number of hydrogen-bond acceptors (Lipinski definition) is 6. The second-order valence-electron chi connectivity index (χ2n) is 7.43. The molecular formula is C18H25N3O4. The quantitative estimate of drug-likeness (QED) is 0.471. The first-order chi connectivity index (χ1) is 11.9. The summed E-state index contributed by atoms with van der Waals surface area (Å²) < 4.78 is 5.91. The van der Waals surface area contributed by atoms with Gasteiger partial charge in [-0.3, -0.25) is 10.1 Å². The summed E-state index contributed by atoms with van der Waals surface area (Å²) in [4.78, 5) is 27.4. The van der Waals surface area contributed by atoms with Gasteiger partial charge in [-0.05, 0) is 46.1 Å². The first-order valence-electron chi connectivity index (χ1n) is 8.67. The van der Waals surface area contributed by atoms with Crippen LogP contribution in [0.4, 0.5) is 5.69 Å². The number of nitro groups is 1. The van der Waals surface area contributed by atoms with Gasteiger partial charge in [0.1, 0.15) is 6.10 Å². The van der Waals surface area contributed by atoms with Crippen molar-refractivity contribution in [2.45, 2.75) is 25.0 Å². The summed E-state index contributed by atoms with van der Waals surface area (Å²) in [6.07, 6.45) is 2.07. The fourth-order valence-corrected chi connectivity index (χ4v) is 4.32. The smallest absolute Gasteiger partial charge is 0.338 e. The predicted molar refractivity (Wildman–Crippen MR) is 93.5 cm³/mol. The van der Waals surface area contributed by atoms with Gasteiger partial charge in [-0.15, -0.1) is 0 Å². The van der Waals surface area contributed by atoms with E-state index in [9.17, 15) is 14.9 Å². The molecule has 7 heteroatoms. The minimum atomic E-state index is -0.474. The van der Waals surface area contributed by atoms with Crippen LogP contribution in [0.25, 0.3) is 0 Å². The molecule has 2 fully saturated rings. The number of carbonyl (C=O) groups excluding carboxylic acids is 1. The standard InChI is InChI=1S/C18H25N3O4/c1-19(2)16-9-6-13-10-20(3)11-15(16)17(13)25-18(22)12-4-7-14(8-5-12)21(23)24/h4-5,7-8,13,15-17H,6,9-11H2,1-3H3/t13?,15?,16-,17+/m1/s1. The number of benzene rings is 1. The summed E-state index contributed by atoms with van der Waals surface area (Å²) in [5.41, 5.74) is 0.337. The van der Waals surface area contributed by atoms with Crippen LogP contribution < -0.4 is 0 Å². The van der Waals surface area contributed by atoms with Crippen molar-refractivity contribution in [2.75, 3.05) is 34.2 Å². The van der Waals surface area contributed by atoms with E-state index >= 15 is 0 Å². The topological polar surface area (TPSA) is 75.9 Å². The van der Waals surface area contributed by atoms with Crippen molar-refractivity contribution in [3.63, 3.8) is 0 Å². The van der Waals surface area contributed by atoms with Crippen LogP contribution in [0, 0.1) is 22.0 Å². The van der Waals surface area contributed by atoms with Crippen LogP contribution in [-0.2, 0) is 4.74 Å². The summed E-state index contributed by atoms with van der Waals surface area (Å²) >= 11 is 0. The normalized spacial score (nSPS) is 29.4. The van der Waals surface area contributed by atoms with Crippen LogP contribution in [-0.4, -0.2) is 67.1 Å². The third-order valence-electron chi connectivity index (χ3n) is 5.50. The zero-order chi connectivity index (χ0) is 18.1. The number of nitro benzene ring substituents is 1. The zero-order valence-electron chi connectivity index (χ0n) is 14.9. The number of likely N-dealkylation sites (tertiary alicyclic amines) is 1.